The molecule has 2 N–H and O–H groups in total. The number of hydrogen-bond acceptors (Lipinski definition) is 6. The molecule has 0 aliphatic heterocycles. The molecule has 0 atom stereocenters. The van der Waals surface area contributed by atoms with Gasteiger partial charge in [0, 0.05) is 35.1 Å². The Bertz CT molecular complexity index is 1200. The van der Waals surface area contributed by atoms with Gasteiger partial charge in [0.25, 0.3) is 0 Å². The van der Waals surface area contributed by atoms with Gasteiger partial charge in [0.05, 0.1) is 19.3 Å². The lowest BCUT2D eigenvalue weighted by Crippen LogP contribution is -2.37. The summed E-state index contributed by atoms with van der Waals surface area (Å²) >= 11 is 1.46. The Morgan fingerprint density at radius 3 is 2.49 bits per heavy atom. The second kappa shape index (κ2) is 11.0. The molecule has 184 valence electrons. The minimum atomic E-state index is -0.0967. The molecule has 8 heteroatoms. The number of aryl methyl sites for hydroxylation is 3. The van der Waals surface area contributed by atoms with E-state index in [1.807, 2.05) is 63.2 Å². The summed E-state index contributed by atoms with van der Waals surface area (Å²) in [5.41, 5.74) is 4.82. The van der Waals surface area contributed by atoms with Crippen molar-refractivity contribution < 1.29 is 14.3 Å². The summed E-state index contributed by atoms with van der Waals surface area (Å²) in [5, 5.41) is 6.55. The summed E-state index contributed by atoms with van der Waals surface area (Å²) < 4.78 is 5.22. The second-order valence-electron chi connectivity index (χ2n) is 9.02. The van der Waals surface area contributed by atoms with Crippen molar-refractivity contribution in [2.75, 3.05) is 30.8 Å². The number of carbonyl (C=O) groups is 2. The first kappa shape index (κ1) is 24.9. The number of nitrogens with one attached hydrogen (secondary N) is 2. The first-order valence-electron chi connectivity index (χ1n) is 11.8. The highest BCUT2D eigenvalue weighted by molar-refractivity contribution is 7.16. The van der Waals surface area contributed by atoms with Crippen molar-refractivity contribution in [3.63, 3.8) is 0 Å². The monoisotopic (exact) mass is 492 g/mol. The Labute approximate surface area is 210 Å². The van der Waals surface area contributed by atoms with Crippen LogP contribution in [0.1, 0.15) is 35.3 Å². The number of methoxy groups -OCH3 is 1. The van der Waals surface area contributed by atoms with Crippen LogP contribution in [0.25, 0.3) is 11.3 Å². The first-order chi connectivity index (χ1) is 16.8. The Kier molecular flexibility index (Phi) is 7.83. The number of aromatic nitrogens is 1. The standard InChI is InChI=1S/C27H32N4O3S/c1-17-5-6-18(2)23(15-17)28-25(33)16-31(21-9-10-21)14-13-24(32)29-27-30-26(19(3)35-27)20-7-11-22(34-4)12-8-20/h5-8,11-12,15,21H,9-10,13-14,16H2,1-4H3,(H,28,33)(H,29,30,32). The largest absolute Gasteiger partial charge is 0.497 e. The third-order valence-electron chi connectivity index (χ3n) is 6.11. The lowest BCUT2D eigenvalue weighted by molar-refractivity contribution is -0.119. The van der Waals surface area contributed by atoms with Gasteiger partial charge in [-0.15, -0.1) is 11.3 Å². The zero-order valence-electron chi connectivity index (χ0n) is 20.7. The Morgan fingerprint density at radius 1 is 1.06 bits per heavy atom. The van der Waals surface area contributed by atoms with Crippen molar-refractivity contribution in [2.24, 2.45) is 0 Å². The number of nitrogens with zero attached hydrogens (tertiary/aromatic N) is 2. The van der Waals surface area contributed by atoms with Gasteiger partial charge in [-0.1, -0.05) is 12.1 Å². The number of thiazole rings is 1. The highest BCUT2D eigenvalue weighted by atomic mass is 32.1. The summed E-state index contributed by atoms with van der Waals surface area (Å²) in [6, 6.07) is 14.1. The van der Waals surface area contributed by atoms with E-state index in [-0.39, 0.29) is 18.4 Å². The van der Waals surface area contributed by atoms with Crippen LogP contribution in [-0.4, -0.2) is 47.9 Å². The van der Waals surface area contributed by atoms with E-state index in [2.05, 4.69) is 20.5 Å². The van der Waals surface area contributed by atoms with Crippen LogP contribution < -0.4 is 15.4 Å². The molecule has 0 saturated heterocycles. The molecule has 1 heterocycles. The van der Waals surface area contributed by atoms with Gasteiger partial charge in [-0.25, -0.2) is 4.98 Å². The SMILES string of the molecule is COc1ccc(-c2nc(NC(=O)CCN(CC(=O)Nc3cc(C)ccc3C)C3CC3)sc2C)cc1. The van der Waals surface area contributed by atoms with E-state index in [4.69, 9.17) is 4.74 Å². The van der Waals surface area contributed by atoms with Gasteiger partial charge >= 0.3 is 0 Å². The van der Waals surface area contributed by atoms with Gasteiger partial charge in [0.1, 0.15) is 5.75 Å². The number of amides is 2. The van der Waals surface area contributed by atoms with E-state index in [0.717, 1.165) is 51.5 Å². The van der Waals surface area contributed by atoms with E-state index >= 15 is 0 Å². The van der Waals surface area contributed by atoms with Crippen molar-refractivity contribution in [2.45, 2.75) is 46.1 Å². The van der Waals surface area contributed by atoms with E-state index in [1.165, 1.54) is 11.3 Å². The number of benzene rings is 2. The van der Waals surface area contributed by atoms with Crippen molar-refractivity contribution in [1.82, 2.24) is 9.88 Å². The minimum absolute atomic E-state index is 0.0503. The maximum absolute atomic E-state index is 12.7. The maximum atomic E-state index is 12.7. The van der Waals surface area contributed by atoms with Crippen molar-refractivity contribution in [1.29, 1.82) is 0 Å². The molecule has 1 aliphatic rings. The predicted octanol–water partition coefficient (Wildman–Crippen LogP) is 5.18. The summed E-state index contributed by atoms with van der Waals surface area (Å²) in [6.07, 6.45) is 2.44. The molecule has 2 amide bonds. The van der Waals surface area contributed by atoms with E-state index in [0.29, 0.717) is 24.1 Å². The summed E-state index contributed by atoms with van der Waals surface area (Å²) in [4.78, 5) is 33.1. The van der Waals surface area contributed by atoms with Gasteiger partial charge in [-0.2, -0.15) is 0 Å². The smallest absolute Gasteiger partial charge is 0.238 e. The van der Waals surface area contributed by atoms with Gasteiger partial charge in [0.2, 0.25) is 11.8 Å². The number of hydrogen-bond donors (Lipinski definition) is 2. The van der Waals surface area contributed by atoms with Gasteiger partial charge in [0.15, 0.2) is 5.13 Å². The van der Waals surface area contributed by atoms with Crippen LogP contribution in [0.3, 0.4) is 0 Å². The third-order valence-corrected chi connectivity index (χ3v) is 7.00. The molecule has 1 aromatic heterocycles. The molecule has 0 bridgehead atoms. The molecule has 1 aliphatic carbocycles. The highest BCUT2D eigenvalue weighted by Gasteiger charge is 2.30. The van der Waals surface area contributed by atoms with Crippen LogP contribution in [-0.2, 0) is 9.59 Å². The maximum Gasteiger partial charge on any atom is 0.238 e. The highest BCUT2D eigenvalue weighted by Crippen LogP contribution is 2.31. The second-order valence-corrected chi connectivity index (χ2v) is 10.2. The van der Waals surface area contributed by atoms with Crippen LogP contribution in [0.5, 0.6) is 5.75 Å². The van der Waals surface area contributed by atoms with Crippen LogP contribution in [0.4, 0.5) is 10.8 Å². The average Bonchev–Trinajstić information content (AvgIpc) is 3.62. The quantitative estimate of drug-likeness (QED) is 0.408. The van der Waals surface area contributed by atoms with Crippen LogP contribution in [0.2, 0.25) is 0 Å². The lowest BCUT2D eigenvalue weighted by atomic mass is 10.1. The van der Waals surface area contributed by atoms with Crippen LogP contribution in [0, 0.1) is 20.8 Å². The molecule has 1 saturated carbocycles. The Hall–Kier alpha value is -3.23. The molecular formula is C27H32N4O3S. The molecule has 7 nitrogen and oxygen atoms in total. The molecule has 35 heavy (non-hydrogen) atoms. The Morgan fingerprint density at radius 2 is 1.80 bits per heavy atom. The van der Waals surface area contributed by atoms with E-state index in [1.54, 1.807) is 7.11 Å². The zero-order chi connectivity index (χ0) is 24.9. The topological polar surface area (TPSA) is 83.6 Å². The third kappa shape index (κ3) is 6.68. The number of carbonyl (C=O) groups excluding carboxylic acids is 2. The summed E-state index contributed by atoms with van der Waals surface area (Å²) in [5.74, 6) is 0.643. The number of anilines is 2. The predicted molar refractivity (Wildman–Crippen MR) is 141 cm³/mol. The van der Waals surface area contributed by atoms with Crippen LogP contribution in [0.15, 0.2) is 42.5 Å². The molecule has 4 rings (SSSR count). The molecule has 3 aromatic rings. The molecule has 0 radical (unpaired) electrons. The van der Waals surface area contributed by atoms with Gasteiger partial charge in [-0.3, -0.25) is 14.5 Å². The molecule has 0 spiro atoms. The average molecular weight is 493 g/mol. The van der Waals surface area contributed by atoms with E-state index < -0.39 is 0 Å². The van der Waals surface area contributed by atoms with Crippen molar-refractivity contribution in [3.05, 3.63) is 58.5 Å². The minimum Gasteiger partial charge on any atom is -0.497 e. The molecule has 0 unspecified atom stereocenters. The van der Waals surface area contributed by atoms with Gasteiger partial charge < -0.3 is 15.4 Å². The van der Waals surface area contributed by atoms with Gasteiger partial charge in [-0.05, 0) is 75.1 Å². The Balaban J connectivity index is 1.31. The zero-order valence-corrected chi connectivity index (χ0v) is 21.5. The fraction of sp³-hybridized carbons (Fsp3) is 0.370. The summed E-state index contributed by atoms with van der Waals surface area (Å²) in [6.45, 7) is 6.80. The summed E-state index contributed by atoms with van der Waals surface area (Å²) in [7, 11) is 1.64. The van der Waals surface area contributed by atoms with Crippen molar-refractivity contribution >= 4 is 34.0 Å². The van der Waals surface area contributed by atoms with Crippen LogP contribution >= 0.6 is 11.3 Å². The van der Waals surface area contributed by atoms with Crippen molar-refractivity contribution in [3.8, 4) is 17.0 Å². The fourth-order valence-electron chi connectivity index (χ4n) is 3.97. The normalized spacial score (nSPS) is 13.1. The molecule has 1 fully saturated rings. The first-order valence-corrected chi connectivity index (χ1v) is 12.7. The molecular weight excluding hydrogens is 460 g/mol. The fourth-order valence-corrected chi connectivity index (χ4v) is 4.82. The number of ether oxygens (including phenoxy) is 1. The van der Waals surface area contributed by atoms with E-state index in [9.17, 15) is 9.59 Å². The lowest BCUT2D eigenvalue weighted by Gasteiger charge is -2.21. The molecule has 2 aromatic carbocycles. The number of rotatable bonds is 10.